The predicted octanol–water partition coefficient (Wildman–Crippen LogP) is 15.3. The van der Waals surface area contributed by atoms with Crippen molar-refractivity contribution in [3.63, 3.8) is 0 Å². The van der Waals surface area contributed by atoms with Gasteiger partial charge in [-0.05, 0) is 126 Å². The molecule has 0 aliphatic heterocycles. The number of aromatic nitrogens is 4. The molecule has 0 atom stereocenters. The summed E-state index contributed by atoms with van der Waals surface area (Å²) < 4.78 is 7.03. The fraction of sp³-hybridized carbons (Fsp3) is 0.0984. The smallest absolute Gasteiger partial charge is 0.165 e. The zero-order valence-corrected chi connectivity index (χ0v) is 38.2. The van der Waals surface area contributed by atoms with E-state index >= 15 is 0 Å². The summed E-state index contributed by atoms with van der Waals surface area (Å²) in [5.74, 6) is 1.40. The van der Waals surface area contributed by atoms with Crippen LogP contribution in [0.1, 0.15) is 44.5 Å². The summed E-state index contributed by atoms with van der Waals surface area (Å²) in [5.41, 5.74) is 17.7. The van der Waals surface area contributed by atoms with Crippen LogP contribution in [0.25, 0.3) is 105 Å². The Bertz CT molecular complexity index is 4000. The molecular weight excluding hydrogens is 817 g/mol. The number of benzene rings is 8. The first-order chi connectivity index (χ1) is 32.6. The van der Waals surface area contributed by atoms with Gasteiger partial charge in [0.15, 0.2) is 5.82 Å². The van der Waals surface area contributed by atoms with Crippen LogP contribution in [-0.2, 0) is 0 Å². The number of fused-ring (bicyclic) bond motifs is 9. The third-order valence-corrected chi connectivity index (χ3v) is 13.6. The van der Waals surface area contributed by atoms with E-state index in [1.54, 1.807) is 6.07 Å². The van der Waals surface area contributed by atoms with E-state index < -0.39 is 0 Å². The highest BCUT2D eigenvalue weighted by Gasteiger charge is 2.32. The van der Waals surface area contributed by atoms with Crippen LogP contribution in [0.3, 0.4) is 0 Å². The van der Waals surface area contributed by atoms with E-state index in [9.17, 15) is 10.5 Å². The minimum Gasteiger partial charge on any atom is -0.305 e. The summed E-state index contributed by atoms with van der Waals surface area (Å²) in [4.78, 5) is 6.17. The van der Waals surface area contributed by atoms with Gasteiger partial charge in [0.25, 0.3) is 0 Å². The number of nitrogens with zero attached hydrogens (tertiary/aromatic N) is 6. The Labute approximate surface area is 388 Å². The van der Waals surface area contributed by atoms with Crippen molar-refractivity contribution in [3.05, 3.63) is 202 Å². The zero-order valence-electron chi connectivity index (χ0n) is 38.2. The van der Waals surface area contributed by atoms with Crippen LogP contribution in [0.4, 0.5) is 0 Å². The molecule has 6 heteroatoms. The standard InChI is InChI=1S/C61H44N6/c1-35-15-21-51-44(27-35)45-28-36(2)16-22-52(45)65(51)59-58(43-14-10-13-42(33-62)50(43)34-63)57(41-11-8-7-9-12-41)60(66-53-23-17-37(3)29-46(53)47-30-38(4)18-24-54(47)66)64-61(59)67-55-25-19-39(5)31-48(55)49-32-40(6)20-26-56(49)67/h7-32H,1-6H3. The molecule has 0 spiro atoms. The van der Waals surface area contributed by atoms with Crippen molar-refractivity contribution < 1.29 is 0 Å². The van der Waals surface area contributed by atoms with E-state index in [1.807, 2.05) is 18.2 Å². The highest BCUT2D eigenvalue weighted by Crippen LogP contribution is 2.50. The van der Waals surface area contributed by atoms with Gasteiger partial charge < -0.3 is 4.57 Å². The van der Waals surface area contributed by atoms with Gasteiger partial charge in [-0.2, -0.15) is 10.5 Å². The summed E-state index contributed by atoms with van der Waals surface area (Å²) >= 11 is 0. The lowest BCUT2D eigenvalue weighted by atomic mass is 9.89. The largest absolute Gasteiger partial charge is 0.305 e. The second kappa shape index (κ2) is 14.9. The minimum absolute atomic E-state index is 0.306. The molecule has 0 aliphatic rings. The second-order valence-corrected chi connectivity index (χ2v) is 18.3. The Kier molecular flexibility index (Phi) is 8.88. The Morgan fingerprint density at radius 2 is 0.761 bits per heavy atom. The van der Waals surface area contributed by atoms with Crippen molar-refractivity contribution in [2.45, 2.75) is 41.5 Å². The van der Waals surface area contributed by atoms with Gasteiger partial charge in [0.2, 0.25) is 0 Å². The van der Waals surface area contributed by atoms with E-state index in [4.69, 9.17) is 4.98 Å². The van der Waals surface area contributed by atoms with Crippen molar-refractivity contribution in [2.75, 3.05) is 0 Å². The summed E-state index contributed by atoms with van der Waals surface area (Å²) in [7, 11) is 0. The molecule has 12 rings (SSSR count). The summed E-state index contributed by atoms with van der Waals surface area (Å²) in [6.45, 7) is 12.9. The second-order valence-electron chi connectivity index (χ2n) is 18.3. The van der Waals surface area contributed by atoms with Crippen LogP contribution in [0, 0.1) is 64.2 Å². The first kappa shape index (κ1) is 39.8. The molecule has 8 aromatic carbocycles. The van der Waals surface area contributed by atoms with Crippen LogP contribution in [0.2, 0.25) is 0 Å². The topological polar surface area (TPSA) is 75.3 Å². The van der Waals surface area contributed by atoms with Crippen LogP contribution < -0.4 is 0 Å². The molecule has 0 unspecified atom stereocenters. The molecule has 67 heavy (non-hydrogen) atoms. The molecule has 12 aromatic rings. The van der Waals surface area contributed by atoms with Gasteiger partial charge in [0.1, 0.15) is 18.0 Å². The number of rotatable bonds is 5. The van der Waals surface area contributed by atoms with Crippen LogP contribution >= 0.6 is 0 Å². The van der Waals surface area contributed by atoms with E-state index in [1.165, 1.54) is 11.1 Å². The Morgan fingerprint density at radius 1 is 0.373 bits per heavy atom. The number of hydrogen-bond donors (Lipinski definition) is 0. The molecule has 0 amide bonds. The van der Waals surface area contributed by atoms with Crippen LogP contribution in [0.5, 0.6) is 0 Å². The highest BCUT2D eigenvalue weighted by atomic mass is 15.2. The molecule has 0 saturated heterocycles. The fourth-order valence-electron chi connectivity index (χ4n) is 10.6. The summed E-state index contributed by atoms with van der Waals surface area (Å²) in [6.07, 6.45) is 0. The van der Waals surface area contributed by atoms with Crippen molar-refractivity contribution in [1.82, 2.24) is 18.7 Å². The third-order valence-electron chi connectivity index (χ3n) is 13.6. The fourth-order valence-corrected chi connectivity index (χ4v) is 10.6. The molecule has 318 valence electrons. The van der Waals surface area contributed by atoms with Gasteiger partial charge >= 0.3 is 0 Å². The first-order valence-corrected chi connectivity index (χ1v) is 22.7. The van der Waals surface area contributed by atoms with Crippen LogP contribution in [0.15, 0.2) is 158 Å². The van der Waals surface area contributed by atoms with E-state index in [-0.39, 0.29) is 0 Å². The molecule has 0 saturated carbocycles. The van der Waals surface area contributed by atoms with Gasteiger partial charge in [-0.15, -0.1) is 0 Å². The van der Waals surface area contributed by atoms with Crippen LogP contribution in [-0.4, -0.2) is 18.7 Å². The molecule has 0 radical (unpaired) electrons. The molecule has 4 aromatic heterocycles. The Balaban J connectivity index is 1.44. The van der Waals surface area contributed by atoms with Gasteiger partial charge in [-0.1, -0.05) is 112 Å². The summed E-state index contributed by atoms with van der Waals surface area (Å²) in [5, 5.41) is 28.8. The molecular formula is C61H44N6. The van der Waals surface area contributed by atoms with E-state index in [0.29, 0.717) is 28.3 Å². The molecule has 0 bridgehead atoms. The number of nitriles is 2. The average Bonchev–Trinajstić information content (AvgIpc) is 3.94. The molecule has 6 nitrogen and oxygen atoms in total. The first-order valence-electron chi connectivity index (χ1n) is 22.7. The van der Waals surface area contributed by atoms with Gasteiger partial charge in [0.05, 0.1) is 49.9 Å². The highest BCUT2D eigenvalue weighted by molar-refractivity contribution is 6.15. The maximum atomic E-state index is 11.3. The third kappa shape index (κ3) is 5.97. The quantitative estimate of drug-likeness (QED) is 0.173. The van der Waals surface area contributed by atoms with E-state index in [0.717, 1.165) is 110 Å². The Morgan fingerprint density at radius 3 is 1.15 bits per heavy atom. The SMILES string of the molecule is Cc1ccc2c(c1)c1cc(C)ccc1n2-c1nc(-n2c3ccc(C)cc3c3cc(C)ccc32)c(-n2c3ccc(C)cc3c3cc(C)ccc32)c(-c2cccc(C#N)c2C#N)c1-c1ccccc1. The van der Waals surface area contributed by atoms with Crippen molar-refractivity contribution in [1.29, 1.82) is 10.5 Å². The maximum Gasteiger partial charge on any atom is 0.165 e. The van der Waals surface area contributed by atoms with E-state index in [2.05, 4.69) is 201 Å². The van der Waals surface area contributed by atoms with Crippen molar-refractivity contribution in [3.8, 4) is 51.7 Å². The number of aryl methyl sites for hydroxylation is 6. The maximum absolute atomic E-state index is 11.3. The Hall–Kier alpha value is -8.71. The predicted molar refractivity (Wildman–Crippen MR) is 276 cm³/mol. The molecule has 0 fully saturated rings. The van der Waals surface area contributed by atoms with Crippen molar-refractivity contribution >= 4 is 65.4 Å². The van der Waals surface area contributed by atoms with Gasteiger partial charge in [-0.25, -0.2) is 4.98 Å². The lowest BCUT2D eigenvalue weighted by molar-refractivity contribution is 0.986. The average molecular weight is 861 g/mol. The monoisotopic (exact) mass is 860 g/mol. The summed E-state index contributed by atoms with van der Waals surface area (Å²) in [6, 6.07) is 61.1. The number of pyridine rings is 1. The molecule has 4 heterocycles. The van der Waals surface area contributed by atoms with Gasteiger partial charge in [-0.3, -0.25) is 9.13 Å². The zero-order chi connectivity index (χ0) is 45.8. The lowest BCUT2D eigenvalue weighted by Crippen LogP contribution is -2.14. The number of hydrogen-bond acceptors (Lipinski definition) is 3. The van der Waals surface area contributed by atoms with Crippen molar-refractivity contribution in [2.24, 2.45) is 0 Å². The molecule has 0 aliphatic carbocycles. The molecule has 0 N–H and O–H groups in total. The minimum atomic E-state index is 0.306. The lowest BCUT2D eigenvalue weighted by Gasteiger charge is -2.26. The van der Waals surface area contributed by atoms with Gasteiger partial charge in [0, 0.05) is 49.0 Å². The normalized spacial score (nSPS) is 11.7.